The molecule has 1 fully saturated rings. The predicted octanol–water partition coefficient (Wildman–Crippen LogP) is 2.53. The number of halogens is 1. The lowest BCUT2D eigenvalue weighted by Gasteiger charge is -2.36. The zero-order chi connectivity index (χ0) is 18.3. The van der Waals surface area contributed by atoms with Crippen LogP contribution in [0, 0.1) is 5.82 Å². The summed E-state index contributed by atoms with van der Waals surface area (Å²) >= 11 is 0. The first-order valence-electron chi connectivity index (χ1n) is 9.05. The number of H-pyrrole nitrogens is 1. The van der Waals surface area contributed by atoms with E-state index in [4.69, 9.17) is 4.74 Å². The molecule has 0 bridgehead atoms. The molecule has 3 heterocycles. The molecule has 6 nitrogen and oxygen atoms in total. The molecule has 1 saturated heterocycles. The maximum Gasteiger partial charge on any atom is 0.274 e. The third kappa shape index (κ3) is 3.07. The van der Waals surface area contributed by atoms with Gasteiger partial charge in [-0.15, -0.1) is 0 Å². The van der Waals surface area contributed by atoms with Crippen LogP contribution in [0.1, 0.15) is 41.7 Å². The minimum absolute atomic E-state index is 0.0392. The van der Waals surface area contributed by atoms with E-state index in [1.165, 1.54) is 12.1 Å². The maximum absolute atomic E-state index is 13.4. The van der Waals surface area contributed by atoms with Crippen molar-refractivity contribution in [3.8, 4) is 0 Å². The van der Waals surface area contributed by atoms with Gasteiger partial charge in [-0.1, -0.05) is 6.07 Å². The van der Waals surface area contributed by atoms with Gasteiger partial charge in [0.2, 0.25) is 0 Å². The molecule has 0 aliphatic carbocycles. The summed E-state index contributed by atoms with van der Waals surface area (Å²) in [5, 5.41) is 7.27. The Morgan fingerprint density at radius 1 is 1.27 bits per heavy atom. The molecule has 138 valence electrons. The minimum Gasteiger partial charge on any atom is -0.369 e. The number of amides is 1. The van der Waals surface area contributed by atoms with Gasteiger partial charge < -0.3 is 14.5 Å². The number of benzene rings is 1. The van der Waals surface area contributed by atoms with E-state index in [-0.39, 0.29) is 23.9 Å². The molecular weight excluding hydrogens is 335 g/mol. The quantitative estimate of drug-likeness (QED) is 0.896. The first kappa shape index (κ1) is 17.0. The number of ether oxygens (including phenoxy) is 1. The Morgan fingerprint density at radius 3 is 2.77 bits per heavy atom. The molecule has 2 aliphatic heterocycles. The highest BCUT2D eigenvalue weighted by molar-refractivity contribution is 5.94. The van der Waals surface area contributed by atoms with Crippen molar-refractivity contribution in [3.05, 3.63) is 47.0 Å². The highest BCUT2D eigenvalue weighted by atomic mass is 19.1. The number of rotatable bonds is 2. The number of nitrogens with zero attached hydrogens (tertiary/aromatic N) is 3. The number of fused-ring (bicyclic) bond motifs is 1. The second-order valence-corrected chi connectivity index (χ2v) is 7.02. The van der Waals surface area contributed by atoms with Gasteiger partial charge in [-0.3, -0.25) is 9.89 Å². The van der Waals surface area contributed by atoms with Crippen LogP contribution in [0.4, 0.5) is 10.1 Å². The first-order valence-corrected chi connectivity index (χ1v) is 9.05. The molecule has 2 aromatic rings. The summed E-state index contributed by atoms with van der Waals surface area (Å²) in [5.41, 5.74) is 3.26. The Hall–Kier alpha value is -2.41. The third-order valence-electron chi connectivity index (χ3n) is 5.18. The molecular formula is C19H23FN4O2. The lowest BCUT2D eigenvalue weighted by Crippen LogP contribution is -2.49. The Kier molecular flexibility index (Phi) is 4.40. The SMILES string of the molecule is C[C@@H]1Cc2c(C(=O)N3CCN(c4cccc(F)c4)CC3)n[nH]c2[C@H](C)O1. The molecule has 1 aromatic carbocycles. The highest BCUT2D eigenvalue weighted by Crippen LogP contribution is 2.30. The lowest BCUT2D eigenvalue weighted by molar-refractivity contribution is -0.00702. The smallest absolute Gasteiger partial charge is 0.274 e. The van der Waals surface area contributed by atoms with Crippen LogP contribution in [-0.4, -0.2) is 53.3 Å². The van der Waals surface area contributed by atoms with E-state index in [1.54, 1.807) is 6.07 Å². The van der Waals surface area contributed by atoms with Gasteiger partial charge in [-0.25, -0.2) is 4.39 Å². The highest BCUT2D eigenvalue weighted by Gasteiger charge is 2.32. The van der Waals surface area contributed by atoms with Gasteiger partial charge in [0.25, 0.3) is 5.91 Å². The molecule has 0 unspecified atom stereocenters. The Morgan fingerprint density at radius 2 is 2.04 bits per heavy atom. The van der Waals surface area contributed by atoms with Gasteiger partial charge >= 0.3 is 0 Å². The molecule has 1 aromatic heterocycles. The largest absolute Gasteiger partial charge is 0.369 e. The second-order valence-electron chi connectivity index (χ2n) is 7.02. The number of aromatic amines is 1. The topological polar surface area (TPSA) is 61.5 Å². The molecule has 2 aliphatic rings. The van der Waals surface area contributed by atoms with Gasteiger partial charge in [0, 0.05) is 43.9 Å². The summed E-state index contributed by atoms with van der Waals surface area (Å²) in [4.78, 5) is 16.9. The summed E-state index contributed by atoms with van der Waals surface area (Å²) in [6.07, 6.45) is 0.694. The molecule has 26 heavy (non-hydrogen) atoms. The fourth-order valence-corrected chi connectivity index (χ4v) is 3.84. The molecule has 0 saturated carbocycles. The van der Waals surface area contributed by atoms with Crippen LogP contribution in [0.2, 0.25) is 0 Å². The number of aromatic nitrogens is 2. The van der Waals surface area contributed by atoms with Crippen molar-refractivity contribution in [2.24, 2.45) is 0 Å². The minimum atomic E-state index is -0.241. The zero-order valence-electron chi connectivity index (χ0n) is 15.0. The zero-order valence-corrected chi connectivity index (χ0v) is 15.0. The first-order chi connectivity index (χ1) is 12.5. The van der Waals surface area contributed by atoms with E-state index < -0.39 is 0 Å². The van der Waals surface area contributed by atoms with E-state index >= 15 is 0 Å². The molecule has 1 N–H and O–H groups in total. The number of anilines is 1. The number of piperazine rings is 1. The van der Waals surface area contributed by atoms with Crippen molar-refractivity contribution >= 4 is 11.6 Å². The van der Waals surface area contributed by atoms with E-state index in [0.717, 1.165) is 16.9 Å². The average molecular weight is 358 g/mol. The van der Waals surface area contributed by atoms with Crippen molar-refractivity contribution < 1.29 is 13.9 Å². The lowest BCUT2D eigenvalue weighted by atomic mass is 9.99. The fraction of sp³-hybridized carbons (Fsp3) is 0.474. The van der Waals surface area contributed by atoms with E-state index in [9.17, 15) is 9.18 Å². The van der Waals surface area contributed by atoms with E-state index in [0.29, 0.717) is 38.3 Å². The number of carbonyl (C=O) groups is 1. The summed E-state index contributed by atoms with van der Waals surface area (Å²) in [6.45, 7) is 6.53. The molecule has 1 amide bonds. The normalized spacial score (nSPS) is 23.0. The standard InChI is InChI=1S/C19H23FN4O2/c1-12-10-16-17(13(2)26-12)21-22-18(16)19(25)24-8-6-23(7-9-24)15-5-3-4-14(20)11-15/h3-5,11-13H,6-10H2,1-2H3,(H,21,22)/t12-,13+/m1/s1. The molecule has 4 rings (SSSR count). The molecule has 7 heteroatoms. The number of carbonyl (C=O) groups excluding carboxylic acids is 1. The van der Waals surface area contributed by atoms with Gasteiger partial charge in [0.1, 0.15) is 5.82 Å². The van der Waals surface area contributed by atoms with Crippen molar-refractivity contribution in [1.29, 1.82) is 0 Å². The third-order valence-corrected chi connectivity index (χ3v) is 5.18. The number of hydrogen-bond acceptors (Lipinski definition) is 4. The summed E-state index contributed by atoms with van der Waals surface area (Å²) < 4.78 is 19.2. The predicted molar refractivity (Wildman–Crippen MR) is 95.8 cm³/mol. The monoisotopic (exact) mass is 358 g/mol. The van der Waals surface area contributed by atoms with E-state index in [2.05, 4.69) is 15.1 Å². The summed E-state index contributed by atoms with van der Waals surface area (Å²) in [5.74, 6) is -0.280. The Labute approximate surface area is 151 Å². The van der Waals surface area contributed by atoms with Crippen LogP contribution in [0.15, 0.2) is 24.3 Å². The molecule has 0 radical (unpaired) electrons. The number of nitrogens with one attached hydrogen (secondary N) is 1. The van der Waals surface area contributed by atoms with Crippen LogP contribution in [-0.2, 0) is 11.2 Å². The van der Waals surface area contributed by atoms with Crippen LogP contribution in [0.25, 0.3) is 0 Å². The van der Waals surface area contributed by atoms with Gasteiger partial charge in [0.15, 0.2) is 5.69 Å². The van der Waals surface area contributed by atoms with Crippen LogP contribution in [0.5, 0.6) is 0 Å². The van der Waals surface area contributed by atoms with Crippen LogP contribution in [0.3, 0.4) is 0 Å². The van der Waals surface area contributed by atoms with Gasteiger partial charge in [-0.2, -0.15) is 5.10 Å². The summed E-state index contributed by atoms with van der Waals surface area (Å²) in [7, 11) is 0. The van der Waals surface area contributed by atoms with Crippen molar-refractivity contribution in [2.75, 3.05) is 31.1 Å². The van der Waals surface area contributed by atoms with Crippen molar-refractivity contribution in [3.63, 3.8) is 0 Å². The van der Waals surface area contributed by atoms with Crippen LogP contribution < -0.4 is 4.90 Å². The Balaban J connectivity index is 1.46. The van der Waals surface area contributed by atoms with Crippen molar-refractivity contribution in [1.82, 2.24) is 15.1 Å². The summed E-state index contributed by atoms with van der Waals surface area (Å²) in [6, 6.07) is 6.58. The van der Waals surface area contributed by atoms with Gasteiger partial charge in [0.05, 0.1) is 17.9 Å². The number of hydrogen-bond donors (Lipinski definition) is 1. The van der Waals surface area contributed by atoms with E-state index in [1.807, 2.05) is 24.8 Å². The van der Waals surface area contributed by atoms with Crippen LogP contribution >= 0.6 is 0 Å². The molecule has 2 atom stereocenters. The Bertz CT molecular complexity index is 814. The average Bonchev–Trinajstić information content (AvgIpc) is 3.05. The second kappa shape index (κ2) is 6.72. The maximum atomic E-state index is 13.4. The van der Waals surface area contributed by atoms with Crippen molar-refractivity contribution in [2.45, 2.75) is 32.5 Å². The fourth-order valence-electron chi connectivity index (χ4n) is 3.84. The molecule has 0 spiro atoms. The van der Waals surface area contributed by atoms with Gasteiger partial charge in [-0.05, 0) is 32.0 Å².